The van der Waals surface area contributed by atoms with Crippen molar-refractivity contribution in [3.63, 3.8) is 0 Å². The number of aliphatic hydroxyl groups excluding tert-OH is 1. The summed E-state index contributed by atoms with van der Waals surface area (Å²) in [5.41, 5.74) is 0.260. The van der Waals surface area contributed by atoms with E-state index in [0.29, 0.717) is 11.1 Å². The van der Waals surface area contributed by atoms with E-state index in [2.05, 4.69) is 6.58 Å². The van der Waals surface area contributed by atoms with E-state index in [9.17, 15) is 19.5 Å². The zero-order valence-corrected chi connectivity index (χ0v) is 17.8. The van der Waals surface area contributed by atoms with Crippen molar-refractivity contribution in [3.05, 3.63) is 35.5 Å². The fraction of sp³-hybridized carbons (Fsp3) is 0.591. The Labute approximate surface area is 175 Å². The number of ether oxygens (including phenoxy) is 4. The average molecular weight is 420 g/mol. The molecule has 0 unspecified atom stereocenters. The molecule has 164 valence electrons. The van der Waals surface area contributed by atoms with Gasteiger partial charge in [-0.05, 0) is 51.0 Å². The lowest BCUT2D eigenvalue weighted by Gasteiger charge is -2.29. The fourth-order valence-electron chi connectivity index (χ4n) is 3.78. The summed E-state index contributed by atoms with van der Waals surface area (Å²) in [4.78, 5) is 36.5. The van der Waals surface area contributed by atoms with Gasteiger partial charge in [-0.25, -0.2) is 9.59 Å². The number of carbonyl (C=O) groups is 3. The number of hydrogen-bond acceptors (Lipinski definition) is 8. The van der Waals surface area contributed by atoms with E-state index in [-0.39, 0.29) is 18.1 Å². The van der Waals surface area contributed by atoms with Gasteiger partial charge in [-0.1, -0.05) is 6.58 Å². The Morgan fingerprint density at radius 3 is 2.43 bits per heavy atom. The summed E-state index contributed by atoms with van der Waals surface area (Å²) in [5.74, 6) is -2.32. The second-order valence-electron chi connectivity index (χ2n) is 8.33. The van der Waals surface area contributed by atoms with Gasteiger partial charge in [0, 0.05) is 18.9 Å². The molecular weight excluding hydrogens is 392 g/mol. The zero-order valence-electron chi connectivity index (χ0n) is 17.8. The summed E-state index contributed by atoms with van der Waals surface area (Å²) < 4.78 is 21.9. The molecule has 0 saturated carbocycles. The van der Waals surface area contributed by atoms with Crippen LogP contribution in [0, 0.1) is 5.92 Å². The molecule has 1 N–H and O–H groups in total. The first-order chi connectivity index (χ1) is 13.9. The summed E-state index contributed by atoms with van der Waals surface area (Å²) in [7, 11) is 0. The molecule has 0 radical (unpaired) electrons. The van der Waals surface area contributed by atoms with Gasteiger partial charge in [-0.15, -0.1) is 0 Å². The topological polar surface area (TPSA) is 112 Å². The normalized spacial score (nSPS) is 42.1. The SMILES string of the molecule is C=C1C(=O)O[C@H]2/C=C(/C)[C@@H](OC(C)=O)C[C@H](O)/C(C)=C\[C@H](OC(=O)[C@@]3(C)O[C@H]3C)[C@@H]12. The van der Waals surface area contributed by atoms with Gasteiger partial charge in [0.05, 0.1) is 18.1 Å². The van der Waals surface area contributed by atoms with E-state index >= 15 is 0 Å². The van der Waals surface area contributed by atoms with E-state index < -0.39 is 53.8 Å². The molecule has 8 heteroatoms. The standard InChI is InChI=1S/C22H28O8/c1-10-7-18(29-21(26)22(6)13(4)30-22)19-12(3)20(25)28-17(19)8-11(2)16(9-15(10)24)27-14(5)23/h7-8,13,15-19,24H,3,9H2,1-2,4-6H3/b10-7-,11-8-/t13-,15-,16-,17-,18-,19-,22-/m0/s1. The van der Waals surface area contributed by atoms with Gasteiger partial charge >= 0.3 is 17.9 Å². The molecule has 0 spiro atoms. The highest BCUT2D eigenvalue weighted by Gasteiger charge is 2.58. The molecule has 8 nitrogen and oxygen atoms in total. The first kappa shape index (κ1) is 22.2. The quantitative estimate of drug-likeness (QED) is 0.242. The highest BCUT2D eigenvalue weighted by Crippen LogP contribution is 2.40. The molecule has 0 bridgehead atoms. The highest BCUT2D eigenvalue weighted by atomic mass is 16.7. The molecule has 2 saturated heterocycles. The van der Waals surface area contributed by atoms with Crippen LogP contribution in [0.2, 0.25) is 0 Å². The molecule has 2 aliphatic heterocycles. The van der Waals surface area contributed by atoms with Crippen LogP contribution in [0.1, 0.15) is 41.0 Å². The predicted octanol–water partition coefficient (Wildman–Crippen LogP) is 1.76. The first-order valence-corrected chi connectivity index (χ1v) is 9.94. The van der Waals surface area contributed by atoms with Crippen LogP contribution in [0.5, 0.6) is 0 Å². The minimum Gasteiger partial charge on any atom is -0.458 e. The highest BCUT2D eigenvalue weighted by molar-refractivity contribution is 5.91. The Bertz CT molecular complexity index is 840. The maximum absolute atomic E-state index is 12.7. The van der Waals surface area contributed by atoms with Crippen LogP contribution in [0.25, 0.3) is 0 Å². The van der Waals surface area contributed by atoms with E-state index in [0.717, 1.165) is 0 Å². The number of fused-ring (bicyclic) bond motifs is 1. The molecule has 2 fully saturated rings. The summed E-state index contributed by atoms with van der Waals surface area (Å²) in [6.07, 6.45) is -0.176. The average Bonchev–Trinajstić information content (AvgIpc) is 3.17. The van der Waals surface area contributed by atoms with Crippen molar-refractivity contribution in [1.29, 1.82) is 0 Å². The molecule has 0 amide bonds. The summed E-state index contributed by atoms with van der Waals surface area (Å²) in [6.45, 7) is 11.9. The molecule has 0 aromatic rings. The van der Waals surface area contributed by atoms with Crippen LogP contribution in [-0.2, 0) is 33.3 Å². The van der Waals surface area contributed by atoms with Crippen LogP contribution in [0.4, 0.5) is 0 Å². The molecule has 0 aromatic heterocycles. The van der Waals surface area contributed by atoms with Crippen LogP contribution in [-0.4, -0.2) is 59.1 Å². The van der Waals surface area contributed by atoms with Gasteiger partial charge in [0.1, 0.15) is 18.3 Å². The Balaban J connectivity index is 1.99. The van der Waals surface area contributed by atoms with E-state index in [1.807, 2.05) is 0 Å². The number of esters is 3. The Hall–Kier alpha value is -2.45. The number of epoxide rings is 1. The molecule has 1 aliphatic carbocycles. The van der Waals surface area contributed by atoms with Crippen molar-refractivity contribution in [2.75, 3.05) is 0 Å². The largest absolute Gasteiger partial charge is 0.458 e. The number of aliphatic hydroxyl groups is 1. The van der Waals surface area contributed by atoms with E-state index in [4.69, 9.17) is 18.9 Å². The van der Waals surface area contributed by atoms with Crippen molar-refractivity contribution < 1.29 is 38.4 Å². The first-order valence-electron chi connectivity index (χ1n) is 9.94. The Morgan fingerprint density at radius 1 is 1.23 bits per heavy atom. The molecule has 3 rings (SSSR count). The van der Waals surface area contributed by atoms with Crippen molar-refractivity contribution in [1.82, 2.24) is 0 Å². The summed E-state index contributed by atoms with van der Waals surface area (Å²) >= 11 is 0. The van der Waals surface area contributed by atoms with Gasteiger partial charge in [0.2, 0.25) is 0 Å². The van der Waals surface area contributed by atoms with Gasteiger partial charge in [0.15, 0.2) is 5.60 Å². The van der Waals surface area contributed by atoms with Crippen molar-refractivity contribution in [3.8, 4) is 0 Å². The monoisotopic (exact) mass is 420 g/mol. The van der Waals surface area contributed by atoms with Crippen molar-refractivity contribution in [2.24, 2.45) is 5.92 Å². The van der Waals surface area contributed by atoms with Gasteiger partial charge in [-0.2, -0.15) is 0 Å². The second kappa shape index (κ2) is 8.00. The van der Waals surface area contributed by atoms with Crippen LogP contribution >= 0.6 is 0 Å². The van der Waals surface area contributed by atoms with Gasteiger partial charge in [-0.3, -0.25) is 4.79 Å². The summed E-state index contributed by atoms with van der Waals surface area (Å²) in [5, 5.41) is 10.7. The number of carbonyl (C=O) groups excluding carboxylic acids is 3. The maximum Gasteiger partial charge on any atom is 0.341 e. The molecule has 30 heavy (non-hydrogen) atoms. The molecular formula is C22H28O8. The van der Waals surface area contributed by atoms with Crippen molar-refractivity contribution >= 4 is 17.9 Å². The Morgan fingerprint density at radius 2 is 1.87 bits per heavy atom. The van der Waals surface area contributed by atoms with Crippen LogP contribution in [0.15, 0.2) is 35.5 Å². The van der Waals surface area contributed by atoms with Crippen LogP contribution < -0.4 is 0 Å². The van der Waals surface area contributed by atoms with Gasteiger partial charge in [0.25, 0.3) is 0 Å². The fourth-order valence-corrected chi connectivity index (χ4v) is 3.78. The number of rotatable bonds is 3. The van der Waals surface area contributed by atoms with E-state index in [1.165, 1.54) is 6.92 Å². The molecule has 7 atom stereocenters. The third-order valence-electron chi connectivity index (χ3n) is 6.04. The predicted molar refractivity (Wildman–Crippen MR) is 105 cm³/mol. The molecule has 3 aliphatic rings. The second-order valence-corrected chi connectivity index (χ2v) is 8.33. The van der Waals surface area contributed by atoms with Gasteiger partial charge < -0.3 is 24.1 Å². The molecule has 0 aromatic carbocycles. The lowest BCUT2D eigenvalue weighted by Crippen LogP contribution is -2.37. The summed E-state index contributed by atoms with van der Waals surface area (Å²) in [6, 6.07) is 0. The third kappa shape index (κ3) is 4.20. The lowest BCUT2D eigenvalue weighted by atomic mass is 9.85. The maximum atomic E-state index is 12.7. The Kier molecular flexibility index (Phi) is 5.93. The minimum absolute atomic E-state index is 0.120. The van der Waals surface area contributed by atoms with Crippen LogP contribution in [0.3, 0.4) is 0 Å². The number of hydrogen-bond donors (Lipinski definition) is 1. The molecule has 2 heterocycles. The van der Waals surface area contributed by atoms with E-state index in [1.54, 1.807) is 39.8 Å². The zero-order chi connectivity index (χ0) is 22.4. The smallest absolute Gasteiger partial charge is 0.341 e. The van der Waals surface area contributed by atoms with Crippen molar-refractivity contribution in [2.45, 2.75) is 77.2 Å². The minimum atomic E-state index is -1.04. The lowest BCUT2D eigenvalue weighted by molar-refractivity contribution is -0.155. The third-order valence-corrected chi connectivity index (χ3v) is 6.04.